The Morgan fingerprint density at radius 1 is 1.33 bits per heavy atom. The Morgan fingerprint density at radius 2 is 1.95 bits per heavy atom. The summed E-state index contributed by atoms with van der Waals surface area (Å²) in [5.41, 5.74) is -0.661. The van der Waals surface area contributed by atoms with E-state index in [0.717, 1.165) is 4.31 Å². The third-order valence-corrected chi connectivity index (χ3v) is 4.75. The summed E-state index contributed by atoms with van der Waals surface area (Å²) in [6.07, 6.45) is 0.121. The Hall–Kier alpha value is -1.58. The summed E-state index contributed by atoms with van der Waals surface area (Å²) >= 11 is 0. The molecule has 6 nitrogen and oxygen atoms in total. The van der Waals surface area contributed by atoms with Gasteiger partial charge in [-0.25, -0.2) is 22.0 Å². The molecule has 0 amide bonds. The highest BCUT2D eigenvalue weighted by atomic mass is 32.2. The number of sulfonamides is 1. The Morgan fingerprint density at radius 3 is 2.43 bits per heavy atom. The van der Waals surface area contributed by atoms with Crippen molar-refractivity contribution in [3.8, 4) is 0 Å². The van der Waals surface area contributed by atoms with Gasteiger partial charge in [0.2, 0.25) is 10.0 Å². The maximum atomic E-state index is 13.7. The summed E-state index contributed by atoms with van der Waals surface area (Å²) in [5.74, 6) is -4.74. The second-order valence-electron chi connectivity index (χ2n) is 4.15. The van der Waals surface area contributed by atoms with Crippen molar-refractivity contribution in [2.45, 2.75) is 18.2 Å². The van der Waals surface area contributed by atoms with Gasteiger partial charge in [-0.3, -0.25) is 0 Å². The Kier molecular flexibility index (Phi) is 5.76. The summed E-state index contributed by atoms with van der Waals surface area (Å²) in [6, 6.07) is 0.998. The molecule has 0 aliphatic heterocycles. The molecular formula is C12H15F2NO5S. The smallest absolute Gasteiger partial charge is 0.335 e. The number of carbonyl (C=O) groups is 1. The molecule has 0 aliphatic rings. The van der Waals surface area contributed by atoms with Crippen LogP contribution in [0.15, 0.2) is 17.0 Å². The molecule has 0 aliphatic carbocycles. The molecule has 1 rings (SSSR count). The van der Waals surface area contributed by atoms with E-state index in [9.17, 15) is 22.0 Å². The number of aliphatic hydroxyl groups excluding tert-OH is 1. The lowest BCUT2D eigenvalue weighted by molar-refractivity contribution is 0.0696. The zero-order valence-corrected chi connectivity index (χ0v) is 12.0. The Bertz CT molecular complexity index is 633. The Labute approximate surface area is 120 Å². The van der Waals surface area contributed by atoms with Crippen LogP contribution in [0.3, 0.4) is 0 Å². The van der Waals surface area contributed by atoms with Crippen LogP contribution in [0.2, 0.25) is 0 Å². The number of halogens is 2. The van der Waals surface area contributed by atoms with E-state index in [1.165, 1.54) is 6.92 Å². The van der Waals surface area contributed by atoms with Crippen molar-refractivity contribution in [3.63, 3.8) is 0 Å². The molecule has 0 unspecified atom stereocenters. The highest BCUT2D eigenvalue weighted by Crippen LogP contribution is 2.23. The Balaban J connectivity index is 3.39. The van der Waals surface area contributed by atoms with Gasteiger partial charge in [-0.15, -0.1) is 0 Å². The minimum absolute atomic E-state index is 0.0271. The van der Waals surface area contributed by atoms with Gasteiger partial charge >= 0.3 is 5.97 Å². The van der Waals surface area contributed by atoms with Crippen LogP contribution in [-0.2, 0) is 10.0 Å². The van der Waals surface area contributed by atoms with Gasteiger partial charge in [0.25, 0.3) is 0 Å². The molecule has 9 heteroatoms. The van der Waals surface area contributed by atoms with Crippen LogP contribution in [0, 0.1) is 11.6 Å². The summed E-state index contributed by atoms with van der Waals surface area (Å²) in [7, 11) is -4.39. The summed E-state index contributed by atoms with van der Waals surface area (Å²) in [4.78, 5) is 9.80. The topological polar surface area (TPSA) is 94.9 Å². The summed E-state index contributed by atoms with van der Waals surface area (Å²) in [6.45, 7) is 1.11. The van der Waals surface area contributed by atoms with E-state index in [2.05, 4.69) is 0 Å². The van der Waals surface area contributed by atoms with E-state index in [0.29, 0.717) is 12.1 Å². The van der Waals surface area contributed by atoms with Gasteiger partial charge in [0.15, 0.2) is 11.6 Å². The monoisotopic (exact) mass is 323 g/mol. The van der Waals surface area contributed by atoms with Crippen LogP contribution >= 0.6 is 0 Å². The normalized spacial score (nSPS) is 11.9. The summed E-state index contributed by atoms with van der Waals surface area (Å²) in [5, 5.41) is 17.5. The molecule has 0 saturated heterocycles. The van der Waals surface area contributed by atoms with E-state index in [1.807, 2.05) is 0 Å². The van der Waals surface area contributed by atoms with Crippen LogP contribution in [0.1, 0.15) is 23.7 Å². The highest BCUT2D eigenvalue weighted by Gasteiger charge is 2.29. The summed E-state index contributed by atoms with van der Waals surface area (Å²) < 4.78 is 52.5. The SMILES string of the molecule is CCN(CCCO)S(=O)(=O)c1cc(C(=O)O)cc(F)c1F. The first-order valence-electron chi connectivity index (χ1n) is 6.09. The molecule has 0 radical (unpaired) electrons. The van der Waals surface area contributed by atoms with Gasteiger partial charge in [-0.2, -0.15) is 4.31 Å². The van der Waals surface area contributed by atoms with Crippen molar-refractivity contribution in [2.24, 2.45) is 0 Å². The number of nitrogens with zero attached hydrogens (tertiary/aromatic N) is 1. The van der Waals surface area contributed by atoms with Crippen molar-refractivity contribution in [2.75, 3.05) is 19.7 Å². The molecule has 0 saturated carbocycles. The lowest BCUT2D eigenvalue weighted by atomic mass is 10.2. The molecule has 1 aromatic rings. The number of aliphatic hydroxyl groups is 1. The molecule has 0 spiro atoms. The number of carboxylic acids is 1. The zero-order chi connectivity index (χ0) is 16.2. The number of rotatable bonds is 7. The van der Waals surface area contributed by atoms with Crippen LogP contribution in [0.4, 0.5) is 8.78 Å². The first-order chi connectivity index (χ1) is 9.75. The van der Waals surface area contributed by atoms with Crippen LogP contribution in [0.5, 0.6) is 0 Å². The highest BCUT2D eigenvalue weighted by molar-refractivity contribution is 7.89. The largest absolute Gasteiger partial charge is 0.478 e. The minimum atomic E-state index is -4.39. The number of hydrogen-bond donors (Lipinski definition) is 2. The zero-order valence-electron chi connectivity index (χ0n) is 11.2. The van der Waals surface area contributed by atoms with E-state index < -0.39 is 38.1 Å². The average molecular weight is 323 g/mol. The quantitative estimate of drug-likeness (QED) is 0.782. The number of benzene rings is 1. The fraction of sp³-hybridized carbons (Fsp3) is 0.417. The van der Waals surface area contributed by atoms with Crippen molar-refractivity contribution in [3.05, 3.63) is 29.3 Å². The lowest BCUT2D eigenvalue weighted by Crippen LogP contribution is -2.33. The van der Waals surface area contributed by atoms with Crippen molar-refractivity contribution in [1.29, 1.82) is 0 Å². The molecule has 0 aromatic heterocycles. The van der Waals surface area contributed by atoms with Gasteiger partial charge in [0, 0.05) is 19.7 Å². The minimum Gasteiger partial charge on any atom is -0.478 e. The van der Waals surface area contributed by atoms with E-state index >= 15 is 0 Å². The number of carboxylic acid groups (broad SMARTS) is 1. The first kappa shape index (κ1) is 17.5. The molecular weight excluding hydrogens is 308 g/mol. The maximum Gasteiger partial charge on any atom is 0.335 e. The molecule has 1 aromatic carbocycles. The van der Waals surface area contributed by atoms with Gasteiger partial charge in [-0.05, 0) is 18.6 Å². The maximum absolute atomic E-state index is 13.7. The molecule has 118 valence electrons. The van der Waals surface area contributed by atoms with Gasteiger partial charge in [-0.1, -0.05) is 6.92 Å². The fourth-order valence-corrected chi connectivity index (χ4v) is 3.30. The standard InChI is InChI=1S/C12H15F2NO5S/c1-2-15(4-3-5-16)21(19,20)10-7-8(12(17)18)6-9(13)11(10)14/h6-7,16H,2-5H2,1H3,(H,17,18). The predicted octanol–water partition coefficient (Wildman–Crippen LogP) is 1.06. The molecule has 21 heavy (non-hydrogen) atoms. The third kappa shape index (κ3) is 3.74. The molecule has 2 N–H and O–H groups in total. The average Bonchev–Trinajstić information content (AvgIpc) is 2.41. The van der Waals surface area contributed by atoms with Crippen molar-refractivity contribution < 1.29 is 32.2 Å². The van der Waals surface area contributed by atoms with E-state index in [4.69, 9.17) is 10.2 Å². The molecule has 0 heterocycles. The lowest BCUT2D eigenvalue weighted by Gasteiger charge is -2.20. The molecule has 0 fully saturated rings. The predicted molar refractivity (Wildman–Crippen MR) is 69.5 cm³/mol. The fourth-order valence-electron chi connectivity index (χ4n) is 1.71. The van der Waals surface area contributed by atoms with Gasteiger partial charge in [0.1, 0.15) is 4.90 Å². The van der Waals surface area contributed by atoms with Gasteiger partial charge in [0.05, 0.1) is 5.56 Å². The van der Waals surface area contributed by atoms with Gasteiger partial charge < -0.3 is 10.2 Å². The number of hydrogen-bond acceptors (Lipinski definition) is 4. The molecule has 0 bridgehead atoms. The number of aromatic carboxylic acids is 1. The second kappa shape index (κ2) is 6.92. The first-order valence-corrected chi connectivity index (χ1v) is 7.53. The van der Waals surface area contributed by atoms with Crippen molar-refractivity contribution >= 4 is 16.0 Å². The van der Waals surface area contributed by atoms with Crippen molar-refractivity contribution in [1.82, 2.24) is 4.31 Å². The third-order valence-electron chi connectivity index (χ3n) is 2.78. The van der Waals surface area contributed by atoms with Crippen LogP contribution in [0.25, 0.3) is 0 Å². The second-order valence-corrected chi connectivity index (χ2v) is 6.06. The van der Waals surface area contributed by atoms with Crippen LogP contribution in [-0.4, -0.2) is 48.6 Å². The van der Waals surface area contributed by atoms with E-state index in [-0.39, 0.29) is 26.1 Å². The van der Waals surface area contributed by atoms with E-state index in [1.54, 1.807) is 0 Å². The van der Waals surface area contributed by atoms with Crippen LogP contribution < -0.4 is 0 Å². The molecule has 0 atom stereocenters.